The number of rotatable bonds is 3. The van der Waals surface area contributed by atoms with Gasteiger partial charge in [0.2, 0.25) is 0 Å². The van der Waals surface area contributed by atoms with E-state index in [2.05, 4.69) is 39.2 Å². The molecule has 3 heteroatoms. The quantitative estimate of drug-likeness (QED) is 0.883. The van der Waals surface area contributed by atoms with Gasteiger partial charge in [0.15, 0.2) is 0 Å². The lowest BCUT2D eigenvalue weighted by molar-refractivity contribution is 0.0695. The van der Waals surface area contributed by atoms with Gasteiger partial charge in [0.25, 0.3) is 0 Å². The molecular formula is C15H25NO2. The van der Waals surface area contributed by atoms with Gasteiger partial charge in [-0.2, -0.15) is 0 Å². The first-order valence-corrected chi connectivity index (χ1v) is 6.38. The van der Waals surface area contributed by atoms with Crippen molar-refractivity contribution in [3.8, 4) is 0 Å². The maximum Gasteiger partial charge on any atom is 0.337 e. The van der Waals surface area contributed by atoms with E-state index >= 15 is 0 Å². The molecule has 0 aromatic carbocycles. The highest BCUT2D eigenvalue weighted by Crippen LogP contribution is 2.35. The number of carboxylic acids is 1. The third-order valence-electron chi connectivity index (χ3n) is 3.23. The van der Waals surface area contributed by atoms with Crippen LogP contribution in [0.1, 0.15) is 62.8 Å². The van der Waals surface area contributed by atoms with E-state index in [1.165, 1.54) is 0 Å². The van der Waals surface area contributed by atoms with Crippen LogP contribution in [0.4, 0.5) is 0 Å². The summed E-state index contributed by atoms with van der Waals surface area (Å²) < 4.78 is 2.15. The molecule has 0 aliphatic rings. The maximum absolute atomic E-state index is 11.2. The normalized spacial score (nSPS) is 12.8. The average Bonchev–Trinajstić information content (AvgIpc) is 2.37. The Bertz CT molecular complexity index is 462. The first kappa shape index (κ1) is 14.8. The van der Waals surface area contributed by atoms with Crippen molar-refractivity contribution in [1.82, 2.24) is 4.57 Å². The van der Waals surface area contributed by atoms with Crippen molar-refractivity contribution in [2.75, 3.05) is 0 Å². The van der Waals surface area contributed by atoms with Crippen molar-refractivity contribution in [3.05, 3.63) is 23.0 Å². The average molecular weight is 251 g/mol. The Labute approximate surface area is 110 Å². The minimum atomic E-state index is -0.846. The zero-order chi connectivity index (χ0) is 14.3. The topological polar surface area (TPSA) is 42.2 Å². The van der Waals surface area contributed by atoms with E-state index in [9.17, 15) is 9.90 Å². The van der Waals surface area contributed by atoms with Crippen LogP contribution in [0, 0.1) is 19.3 Å². The first-order chi connectivity index (χ1) is 7.96. The van der Waals surface area contributed by atoms with Gasteiger partial charge < -0.3 is 9.67 Å². The van der Waals surface area contributed by atoms with Gasteiger partial charge in [-0.05, 0) is 45.6 Å². The van der Waals surface area contributed by atoms with Crippen LogP contribution in [0.15, 0.2) is 6.07 Å². The molecule has 0 saturated carbocycles. The fourth-order valence-corrected chi connectivity index (χ4v) is 3.29. The van der Waals surface area contributed by atoms with Crippen LogP contribution < -0.4 is 0 Å². The van der Waals surface area contributed by atoms with E-state index in [0.717, 1.165) is 17.8 Å². The summed E-state index contributed by atoms with van der Waals surface area (Å²) in [5, 5.41) is 9.19. The van der Waals surface area contributed by atoms with Crippen LogP contribution in [0.25, 0.3) is 0 Å². The molecule has 1 aromatic heterocycles. The second-order valence-corrected chi connectivity index (χ2v) is 6.98. The number of hydrogen-bond acceptors (Lipinski definition) is 1. The second kappa shape index (κ2) is 4.45. The Morgan fingerprint density at radius 3 is 2.06 bits per heavy atom. The monoisotopic (exact) mass is 251 g/mol. The third-order valence-corrected chi connectivity index (χ3v) is 3.23. The Morgan fingerprint density at radius 1 is 1.22 bits per heavy atom. The Morgan fingerprint density at radius 2 is 1.72 bits per heavy atom. The molecule has 0 spiro atoms. The van der Waals surface area contributed by atoms with Gasteiger partial charge in [0, 0.05) is 16.9 Å². The van der Waals surface area contributed by atoms with Crippen molar-refractivity contribution in [2.45, 2.75) is 60.4 Å². The second-order valence-electron chi connectivity index (χ2n) is 6.98. The van der Waals surface area contributed by atoms with Gasteiger partial charge >= 0.3 is 5.97 Å². The fraction of sp³-hybridized carbons (Fsp3) is 0.667. The highest BCUT2D eigenvalue weighted by Gasteiger charge is 2.30. The van der Waals surface area contributed by atoms with Crippen LogP contribution in [0.2, 0.25) is 0 Å². The van der Waals surface area contributed by atoms with E-state index in [-0.39, 0.29) is 11.0 Å². The van der Waals surface area contributed by atoms with Crippen LogP contribution >= 0.6 is 0 Å². The molecule has 3 nitrogen and oxygen atoms in total. The van der Waals surface area contributed by atoms with Crippen LogP contribution in [-0.4, -0.2) is 15.6 Å². The summed E-state index contributed by atoms with van der Waals surface area (Å²) in [7, 11) is 0. The zero-order valence-electron chi connectivity index (χ0n) is 12.6. The summed E-state index contributed by atoms with van der Waals surface area (Å²) in [6.07, 6.45) is 0.995. The number of nitrogens with zero attached hydrogens (tertiary/aromatic N) is 1. The van der Waals surface area contributed by atoms with E-state index in [0.29, 0.717) is 5.56 Å². The number of aromatic carboxylic acids is 1. The van der Waals surface area contributed by atoms with Gasteiger partial charge in [-0.3, -0.25) is 0 Å². The lowest BCUT2D eigenvalue weighted by atomic mass is 9.81. The predicted octanol–water partition coefficient (Wildman–Crippen LogP) is 3.97. The molecule has 0 aliphatic heterocycles. The maximum atomic E-state index is 11.2. The molecule has 102 valence electrons. The van der Waals surface area contributed by atoms with Gasteiger partial charge in [0.1, 0.15) is 0 Å². The fourth-order valence-electron chi connectivity index (χ4n) is 3.29. The molecule has 0 radical (unpaired) electrons. The molecular weight excluding hydrogens is 226 g/mol. The van der Waals surface area contributed by atoms with Crippen molar-refractivity contribution >= 4 is 5.97 Å². The summed E-state index contributed by atoms with van der Waals surface area (Å²) in [6, 6.07) is 1.77. The van der Waals surface area contributed by atoms with E-state index < -0.39 is 5.97 Å². The standard InChI is InChI=1S/C15H25NO2/c1-10-8-12(13(17)18)11(2)16(10)15(6,7)9-14(3,4)5/h8H,9H2,1-7H3,(H,17,18). The molecule has 0 aliphatic carbocycles. The van der Waals surface area contributed by atoms with Gasteiger partial charge in [-0.15, -0.1) is 0 Å². The highest BCUT2D eigenvalue weighted by atomic mass is 16.4. The van der Waals surface area contributed by atoms with E-state index in [1.54, 1.807) is 6.07 Å². The van der Waals surface area contributed by atoms with Gasteiger partial charge in [-0.25, -0.2) is 4.79 Å². The summed E-state index contributed by atoms with van der Waals surface area (Å²) in [5.74, 6) is -0.846. The molecule has 0 atom stereocenters. The van der Waals surface area contributed by atoms with Crippen LogP contribution in [-0.2, 0) is 5.54 Å². The van der Waals surface area contributed by atoms with E-state index in [1.807, 2.05) is 13.8 Å². The number of aromatic nitrogens is 1. The van der Waals surface area contributed by atoms with E-state index in [4.69, 9.17) is 0 Å². The number of carboxylic acid groups (broad SMARTS) is 1. The van der Waals surface area contributed by atoms with Crippen molar-refractivity contribution < 1.29 is 9.90 Å². The molecule has 1 heterocycles. The zero-order valence-corrected chi connectivity index (χ0v) is 12.6. The molecule has 1 aromatic rings. The molecule has 0 fully saturated rings. The number of aryl methyl sites for hydroxylation is 1. The van der Waals surface area contributed by atoms with Crippen LogP contribution in [0.5, 0.6) is 0 Å². The molecule has 0 saturated heterocycles. The van der Waals surface area contributed by atoms with Gasteiger partial charge in [0.05, 0.1) is 5.56 Å². The highest BCUT2D eigenvalue weighted by molar-refractivity contribution is 5.89. The van der Waals surface area contributed by atoms with Gasteiger partial charge in [-0.1, -0.05) is 20.8 Å². The molecule has 18 heavy (non-hydrogen) atoms. The minimum Gasteiger partial charge on any atom is -0.478 e. The smallest absolute Gasteiger partial charge is 0.337 e. The summed E-state index contributed by atoms with van der Waals surface area (Å²) in [5.41, 5.74) is 2.39. The first-order valence-electron chi connectivity index (χ1n) is 6.38. The molecule has 0 unspecified atom stereocenters. The largest absolute Gasteiger partial charge is 0.478 e. The number of carbonyl (C=O) groups is 1. The Hall–Kier alpha value is -1.25. The molecule has 1 rings (SSSR count). The molecule has 1 N–H and O–H groups in total. The summed E-state index contributed by atoms with van der Waals surface area (Å²) in [6.45, 7) is 14.8. The number of hydrogen-bond donors (Lipinski definition) is 1. The van der Waals surface area contributed by atoms with Crippen LogP contribution in [0.3, 0.4) is 0 Å². The summed E-state index contributed by atoms with van der Waals surface area (Å²) in [4.78, 5) is 11.2. The predicted molar refractivity (Wildman–Crippen MR) is 74.3 cm³/mol. The van der Waals surface area contributed by atoms with Crippen molar-refractivity contribution in [3.63, 3.8) is 0 Å². The third kappa shape index (κ3) is 2.95. The lowest BCUT2D eigenvalue weighted by Crippen LogP contribution is -2.33. The Balaban J connectivity index is 3.29. The SMILES string of the molecule is Cc1cc(C(=O)O)c(C)n1C(C)(C)CC(C)(C)C. The molecule has 0 amide bonds. The Kier molecular flexibility index (Phi) is 3.66. The molecule has 0 bridgehead atoms. The minimum absolute atomic E-state index is 0.0832. The van der Waals surface area contributed by atoms with Crippen molar-refractivity contribution in [1.29, 1.82) is 0 Å². The summed E-state index contributed by atoms with van der Waals surface area (Å²) >= 11 is 0. The lowest BCUT2D eigenvalue weighted by Gasteiger charge is -2.36. The van der Waals surface area contributed by atoms with Crippen molar-refractivity contribution in [2.24, 2.45) is 5.41 Å².